The molecule has 0 radical (unpaired) electrons. The Labute approximate surface area is 69.1 Å². The molecule has 0 aliphatic rings. The van der Waals surface area contributed by atoms with Crippen LogP contribution in [0.3, 0.4) is 0 Å². The van der Waals surface area contributed by atoms with Crippen LogP contribution in [0, 0.1) is 0 Å². The second-order valence-electron chi connectivity index (χ2n) is 2.31. The van der Waals surface area contributed by atoms with Crippen LogP contribution in [0.25, 0.3) is 11.5 Å². The predicted molar refractivity (Wildman–Crippen MR) is 44.1 cm³/mol. The fourth-order valence-electron chi connectivity index (χ4n) is 0.924. The van der Waals surface area contributed by atoms with Crippen LogP contribution in [0.15, 0.2) is 35.2 Å². The van der Waals surface area contributed by atoms with Gasteiger partial charge in [-0.05, 0) is 12.1 Å². The Morgan fingerprint density at radius 3 is 2.92 bits per heavy atom. The maximum atomic E-state index is 5.45. The van der Waals surface area contributed by atoms with Crippen molar-refractivity contribution in [3.05, 3.63) is 30.8 Å². The van der Waals surface area contributed by atoms with Crippen LogP contribution in [-0.2, 0) is 0 Å². The maximum absolute atomic E-state index is 5.45. The smallest absolute Gasteiger partial charge is 0.153 e. The van der Waals surface area contributed by atoms with E-state index in [1.807, 2.05) is 6.07 Å². The minimum absolute atomic E-state index is 0.393. The highest BCUT2D eigenvalue weighted by atomic mass is 16.3. The molecule has 0 fully saturated rings. The molecule has 0 aromatic carbocycles. The van der Waals surface area contributed by atoms with Crippen LogP contribution in [0.4, 0.5) is 5.82 Å². The number of hydrogen-bond acceptors (Lipinski definition) is 4. The number of anilines is 1. The van der Waals surface area contributed by atoms with E-state index in [9.17, 15) is 0 Å². The summed E-state index contributed by atoms with van der Waals surface area (Å²) < 4.78 is 5.12. The Bertz CT molecular complexity index is 370. The van der Waals surface area contributed by atoms with Gasteiger partial charge < -0.3 is 10.2 Å². The monoisotopic (exact) mass is 161 g/mol. The molecule has 12 heavy (non-hydrogen) atoms. The lowest BCUT2D eigenvalue weighted by Crippen LogP contribution is -1.92. The van der Waals surface area contributed by atoms with E-state index in [4.69, 9.17) is 10.2 Å². The Morgan fingerprint density at radius 1 is 1.33 bits per heavy atom. The lowest BCUT2D eigenvalue weighted by molar-refractivity contribution is 0.580. The van der Waals surface area contributed by atoms with Crippen molar-refractivity contribution in [2.75, 3.05) is 5.73 Å². The van der Waals surface area contributed by atoms with Crippen LogP contribution in [-0.4, -0.2) is 9.97 Å². The molecular weight excluding hydrogens is 154 g/mol. The summed E-state index contributed by atoms with van der Waals surface area (Å²) in [7, 11) is 0. The van der Waals surface area contributed by atoms with Gasteiger partial charge in [0.25, 0.3) is 0 Å². The minimum atomic E-state index is 0.393. The maximum Gasteiger partial charge on any atom is 0.153 e. The topological polar surface area (TPSA) is 64.9 Å². The molecule has 0 atom stereocenters. The molecule has 0 aliphatic heterocycles. The van der Waals surface area contributed by atoms with Gasteiger partial charge in [-0.25, -0.2) is 4.98 Å². The molecule has 0 unspecified atom stereocenters. The van der Waals surface area contributed by atoms with Crippen molar-refractivity contribution in [3.8, 4) is 11.5 Å². The third-order valence-corrected chi connectivity index (χ3v) is 1.43. The van der Waals surface area contributed by atoms with Gasteiger partial charge in [0, 0.05) is 0 Å². The van der Waals surface area contributed by atoms with E-state index in [0.717, 1.165) is 0 Å². The molecule has 2 N–H and O–H groups in total. The third-order valence-electron chi connectivity index (χ3n) is 1.43. The zero-order chi connectivity index (χ0) is 8.39. The highest BCUT2D eigenvalue weighted by Crippen LogP contribution is 2.16. The first-order valence-corrected chi connectivity index (χ1v) is 3.47. The highest BCUT2D eigenvalue weighted by Gasteiger charge is 2.01. The summed E-state index contributed by atoms with van der Waals surface area (Å²) in [5.74, 6) is 1.07. The largest absolute Gasteiger partial charge is 0.463 e. The number of nitrogens with two attached hydrogens (primary N) is 1. The Kier molecular flexibility index (Phi) is 1.51. The highest BCUT2D eigenvalue weighted by molar-refractivity contribution is 5.52. The van der Waals surface area contributed by atoms with E-state index in [0.29, 0.717) is 17.3 Å². The molecule has 0 saturated heterocycles. The SMILES string of the molecule is Nc1cncc(-c2ccco2)n1. The van der Waals surface area contributed by atoms with Gasteiger partial charge in [-0.1, -0.05) is 0 Å². The number of furan rings is 1. The van der Waals surface area contributed by atoms with Gasteiger partial charge in [0.2, 0.25) is 0 Å². The predicted octanol–water partition coefficient (Wildman–Crippen LogP) is 1.32. The Morgan fingerprint density at radius 2 is 2.25 bits per heavy atom. The number of nitrogen functional groups attached to an aromatic ring is 1. The number of aromatic nitrogens is 2. The standard InChI is InChI=1S/C8H7N3O/c9-8-5-10-4-6(11-8)7-2-1-3-12-7/h1-5H,(H2,9,11). The fraction of sp³-hybridized carbons (Fsp3) is 0. The quantitative estimate of drug-likeness (QED) is 0.685. The molecule has 0 amide bonds. The van der Waals surface area contributed by atoms with Gasteiger partial charge in [0.05, 0.1) is 18.7 Å². The van der Waals surface area contributed by atoms with E-state index < -0.39 is 0 Å². The van der Waals surface area contributed by atoms with E-state index in [2.05, 4.69) is 9.97 Å². The summed E-state index contributed by atoms with van der Waals surface area (Å²) in [6, 6.07) is 3.60. The van der Waals surface area contributed by atoms with E-state index in [1.54, 1.807) is 18.5 Å². The van der Waals surface area contributed by atoms with Crippen molar-refractivity contribution in [2.45, 2.75) is 0 Å². The summed E-state index contributed by atoms with van der Waals surface area (Å²) in [5, 5.41) is 0. The van der Waals surface area contributed by atoms with E-state index >= 15 is 0 Å². The van der Waals surface area contributed by atoms with Crippen LogP contribution < -0.4 is 5.73 Å². The fourth-order valence-corrected chi connectivity index (χ4v) is 0.924. The number of hydrogen-bond donors (Lipinski definition) is 1. The van der Waals surface area contributed by atoms with Crippen molar-refractivity contribution in [1.82, 2.24) is 9.97 Å². The van der Waals surface area contributed by atoms with Gasteiger partial charge in [-0.15, -0.1) is 0 Å². The molecule has 2 aromatic heterocycles. The van der Waals surface area contributed by atoms with Gasteiger partial charge in [0.15, 0.2) is 5.76 Å². The van der Waals surface area contributed by atoms with Crippen molar-refractivity contribution in [2.24, 2.45) is 0 Å². The van der Waals surface area contributed by atoms with E-state index in [1.165, 1.54) is 6.20 Å². The van der Waals surface area contributed by atoms with Crippen molar-refractivity contribution < 1.29 is 4.42 Å². The van der Waals surface area contributed by atoms with Gasteiger partial charge >= 0.3 is 0 Å². The van der Waals surface area contributed by atoms with Gasteiger partial charge in [-0.3, -0.25) is 4.98 Å². The van der Waals surface area contributed by atoms with Crippen LogP contribution in [0.5, 0.6) is 0 Å². The zero-order valence-electron chi connectivity index (χ0n) is 6.27. The lowest BCUT2D eigenvalue weighted by atomic mass is 10.3. The lowest BCUT2D eigenvalue weighted by Gasteiger charge is -1.95. The van der Waals surface area contributed by atoms with Crippen molar-refractivity contribution in [3.63, 3.8) is 0 Å². The van der Waals surface area contributed by atoms with Crippen LogP contribution in [0.1, 0.15) is 0 Å². The molecule has 2 aromatic rings. The van der Waals surface area contributed by atoms with Crippen LogP contribution >= 0.6 is 0 Å². The molecule has 4 heteroatoms. The molecular formula is C8H7N3O. The molecule has 4 nitrogen and oxygen atoms in total. The van der Waals surface area contributed by atoms with Crippen molar-refractivity contribution in [1.29, 1.82) is 0 Å². The molecule has 0 aliphatic carbocycles. The summed E-state index contributed by atoms with van der Waals surface area (Å²) >= 11 is 0. The molecule has 0 spiro atoms. The molecule has 60 valence electrons. The van der Waals surface area contributed by atoms with Crippen LogP contribution in [0.2, 0.25) is 0 Å². The summed E-state index contributed by atoms with van der Waals surface area (Å²) in [5.41, 5.74) is 6.10. The number of nitrogens with zero attached hydrogens (tertiary/aromatic N) is 2. The Balaban J connectivity index is 2.48. The first-order chi connectivity index (χ1) is 5.86. The second kappa shape index (κ2) is 2.65. The van der Waals surface area contributed by atoms with E-state index in [-0.39, 0.29) is 0 Å². The first kappa shape index (κ1) is 6.84. The summed E-state index contributed by atoms with van der Waals surface area (Å²) in [6.07, 6.45) is 4.68. The zero-order valence-corrected chi connectivity index (χ0v) is 6.27. The first-order valence-electron chi connectivity index (χ1n) is 3.47. The summed E-state index contributed by atoms with van der Waals surface area (Å²) in [4.78, 5) is 7.93. The Hall–Kier alpha value is -1.84. The van der Waals surface area contributed by atoms with Crippen molar-refractivity contribution >= 4 is 5.82 Å². The van der Waals surface area contributed by atoms with Gasteiger partial charge in [-0.2, -0.15) is 0 Å². The third kappa shape index (κ3) is 1.14. The molecule has 0 saturated carbocycles. The minimum Gasteiger partial charge on any atom is -0.463 e. The molecule has 2 rings (SSSR count). The van der Waals surface area contributed by atoms with Gasteiger partial charge in [0.1, 0.15) is 11.5 Å². The molecule has 2 heterocycles. The average Bonchev–Trinajstić information content (AvgIpc) is 2.56. The molecule has 0 bridgehead atoms. The number of rotatable bonds is 1. The second-order valence-corrected chi connectivity index (χ2v) is 2.31. The normalized spacial score (nSPS) is 10.0. The average molecular weight is 161 g/mol. The summed E-state index contributed by atoms with van der Waals surface area (Å²) in [6.45, 7) is 0.